The molecule has 2 aromatic carbocycles. The molecular weight excluding hydrogens is 363 g/mol. The van der Waals surface area contributed by atoms with E-state index in [4.69, 9.17) is 16.3 Å². The van der Waals surface area contributed by atoms with Crippen LogP contribution in [0.3, 0.4) is 0 Å². The molecule has 0 atom stereocenters. The van der Waals surface area contributed by atoms with Crippen LogP contribution in [0.2, 0.25) is 5.02 Å². The predicted molar refractivity (Wildman–Crippen MR) is 108 cm³/mol. The lowest BCUT2D eigenvalue weighted by Gasteiger charge is -2.29. The Morgan fingerprint density at radius 3 is 2.78 bits per heavy atom. The minimum Gasteiger partial charge on any atom is -0.471 e. The molecular formula is C22H26ClFN2O. The van der Waals surface area contributed by atoms with E-state index in [1.807, 2.05) is 0 Å². The Hall–Kier alpha value is -1.78. The van der Waals surface area contributed by atoms with Crippen molar-refractivity contribution in [1.29, 1.82) is 0 Å². The zero-order valence-electron chi connectivity index (χ0n) is 15.4. The van der Waals surface area contributed by atoms with Crippen LogP contribution in [0.5, 0.6) is 5.75 Å². The first-order valence-corrected chi connectivity index (χ1v) is 10.2. The monoisotopic (exact) mass is 388 g/mol. The molecule has 1 aliphatic carbocycles. The van der Waals surface area contributed by atoms with Gasteiger partial charge in [-0.15, -0.1) is 0 Å². The minimum atomic E-state index is -0.273. The lowest BCUT2D eigenvalue weighted by atomic mass is 9.81. The molecule has 0 amide bonds. The summed E-state index contributed by atoms with van der Waals surface area (Å²) in [5.41, 5.74) is 3.54. The van der Waals surface area contributed by atoms with E-state index in [1.54, 1.807) is 6.07 Å². The summed E-state index contributed by atoms with van der Waals surface area (Å²) in [5.74, 6) is 1.35. The molecule has 144 valence electrons. The van der Waals surface area contributed by atoms with Gasteiger partial charge in [0.25, 0.3) is 0 Å². The number of benzene rings is 2. The van der Waals surface area contributed by atoms with Crippen molar-refractivity contribution in [2.45, 2.75) is 50.5 Å². The lowest BCUT2D eigenvalue weighted by Crippen LogP contribution is -2.33. The van der Waals surface area contributed by atoms with E-state index in [0.29, 0.717) is 23.7 Å². The molecule has 2 aliphatic rings. The fraction of sp³-hybridized carbons (Fsp3) is 0.455. The van der Waals surface area contributed by atoms with E-state index in [9.17, 15) is 4.39 Å². The first kappa shape index (κ1) is 18.6. The first-order valence-electron chi connectivity index (χ1n) is 9.87. The van der Waals surface area contributed by atoms with E-state index in [-0.39, 0.29) is 5.82 Å². The highest BCUT2D eigenvalue weighted by Gasteiger charge is 2.23. The highest BCUT2D eigenvalue weighted by atomic mass is 35.5. The van der Waals surface area contributed by atoms with Crippen molar-refractivity contribution >= 4 is 17.3 Å². The highest BCUT2D eigenvalue weighted by Crippen LogP contribution is 2.38. The van der Waals surface area contributed by atoms with Crippen LogP contribution in [0.25, 0.3) is 0 Å². The van der Waals surface area contributed by atoms with Crippen LogP contribution in [-0.4, -0.2) is 19.3 Å². The van der Waals surface area contributed by atoms with E-state index in [1.165, 1.54) is 43.4 Å². The maximum atomic E-state index is 13.1. The van der Waals surface area contributed by atoms with Gasteiger partial charge in [0.15, 0.2) is 6.73 Å². The zero-order valence-corrected chi connectivity index (χ0v) is 16.2. The molecule has 27 heavy (non-hydrogen) atoms. The fourth-order valence-electron chi connectivity index (χ4n) is 4.19. The summed E-state index contributed by atoms with van der Waals surface area (Å²) in [4.78, 5) is 0. The van der Waals surface area contributed by atoms with Gasteiger partial charge in [-0.3, -0.25) is 0 Å². The van der Waals surface area contributed by atoms with Gasteiger partial charge in [-0.05, 0) is 86.4 Å². The van der Waals surface area contributed by atoms with Crippen molar-refractivity contribution in [2.24, 2.45) is 0 Å². The van der Waals surface area contributed by atoms with Crippen LogP contribution in [-0.2, 0) is 6.42 Å². The number of aryl methyl sites for hydroxylation is 1. The summed E-state index contributed by atoms with van der Waals surface area (Å²) in [6.45, 7) is 1.56. The molecule has 1 heterocycles. The van der Waals surface area contributed by atoms with Crippen molar-refractivity contribution in [3.05, 3.63) is 58.4 Å². The molecule has 3 nitrogen and oxygen atoms in total. The van der Waals surface area contributed by atoms with E-state index < -0.39 is 0 Å². The highest BCUT2D eigenvalue weighted by molar-refractivity contribution is 6.31. The van der Waals surface area contributed by atoms with Crippen molar-refractivity contribution in [3.63, 3.8) is 0 Å². The fourth-order valence-corrected chi connectivity index (χ4v) is 4.45. The van der Waals surface area contributed by atoms with Crippen molar-refractivity contribution in [3.8, 4) is 5.75 Å². The maximum Gasteiger partial charge on any atom is 0.159 e. The van der Waals surface area contributed by atoms with Crippen molar-refractivity contribution in [2.75, 3.05) is 18.6 Å². The molecule has 1 aliphatic heterocycles. The number of ether oxygens (including phenoxy) is 1. The van der Waals surface area contributed by atoms with Gasteiger partial charge < -0.3 is 15.4 Å². The van der Waals surface area contributed by atoms with Crippen molar-refractivity contribution < 1.29 is 9.13 Å². The molecule has 0 saturated heterocycles. The Balaban J connectivity index is 1.19. The minimum absolute atomic E-state index is 0.273. The molecule has 4 rings (SSSR count). The normalized spacial score (nSPS) is 21.4. The molecule has 0 spiro atoms. The first-order chi connectivity index (χ1) is 13.2. The number of halogens is 2. The molecule has 0 aromatic heterocycles. The average molecular weight is 389 g/mol. The zero-order chi connectivity index (χ0) is 18.6. The van der Waals surface area contributed by atoms with Gasteiger partial charge in [-0.25, -0.2) is 4.39 Å². The molecule has 0 unspecified atom stereocenters. The van der Waals surface area contributed by atoms with Crippen LogP contribution in [0, 0.1) is 5.82 Å². The quantitative estimate of drug-likeness (QED) is 0.642. The summed E-state index contributed by atoms with van der Waals surface area (Å²) < 4.78 is 18.7. The van der Waals surface area contributed by atoms with Crippen molar-refractivity contribution in [1.82, 2.24) is 5.32 Å². The van der Waals surface area contributed by atoms with Gasteiger partial charge in [0, 0.05) is 11.1 Å². The Bertz CT molecular complexity index is 790. The number of fused-ring (bicyclic) bond motifs is 1. The second-order valence-electron chi connectivity index (χ2n) is 7.56. The second kappa shape index (κ2) is 8.49. The number of rotatable bonds is 6. The van der Waals surface area contributed by atoms with Crippen LogP contribution in [0.1, 0.15) is 49.1 Å². The predicted octanol–water partition coefficient (Wildman–Crippen LogP) is 5.49. The Morgan fingerprint density at radius 1 is 1.11 bits per heavy atom. The average Bonchev–Trinajstić information content (AvgIpc) is 3.15. The standard InChI is InChI=1S/C22H26ClFN2O/c23-20-13-18(24)7-3-16(20)2-1-11-25-19-8-4-15(5-9-19)17-6-10-21-22(12-17)27-14-26-21/h3,6-7,10,12-13,15,19,25-26H,1-2,4-5,8-9,11,14H2. The topological polar surface area (TPSA) is 33.3 Å². The maximum absolute atomic E-state index is 13.1. The third-order valence-electron chi connectivity index (χ3n) is 5.77. The van der Waals surface area contributed by atoms with Crippen LogP contribution >= 0.6 is 11.6 Å². The Labute approximate surface area is 165 Å². The van der Waals surface area contributed by atoms with E-state index >= 15 is 0 Å². The summed E-state index contributed by atoms with van der Waals surface area (Å²) in [7, 11) is 0. The van der Waals surface area contributed by atoms with Gasteiger partial charge in [-0.1, -0.05) is 23.7 Å². The molecule has 5 heteroatoms. The lowest BCUT2D eigenvalue weighted by molar-refractivity contribution is 0.340. The molecule has 1 fully saturated rings. The third kappa shape index (κ3) is 4.56. The number of nitrogens with one attached hydrogen (secondary N) is 2. The van der Waals surface area contributed by atoms with Gasteiger partial charge in [0.05, 0.1) is 5.69 Å². The summed E-state index contributed by atoms with van der Waals surface area (Å²) >= 11 is 6.09. The van der Waals surface area contributed by atoms with Gasteiger partial charge in [-0.2, -0.15) is 0 Å². The van der Waals surface area contributed by atoms with E-state index in [0.717, 1.165) is 36.4 Å². The largest absolute Gasteiger partial charge is 0.471 e. The van der Waals surface area contributed by atoms with Gasteiger partial charge >= 0.3 is 0 Å². The molecule has 0 radical (unpaired) electrons. The summed E-state index contributed by atoms with van der Waals surface area (Å²) in [6, 6.07) is 11.9. The number of anilines is 1. The van der Waals surface area contributed by atoms with Gasteiger partial charge in [0.1, 0.15) is 11.6 Å². The Kier molecular flexibility index (Phi) is 5.84. The van der Waals surface area contributed by atoms with Gasteiger partial charge in [0.2, 0.25) is 0 Å². The molecule has 2 aromatic rings. The van der Waals surface area contributed by atoms with Crippen LogP contribution < -0.4 is 15.4 Å². The molecule has 2 N–H and O–H groups in total. The molecule has 1 saturated carbocycles. The SMILES string of the molecule is Fc1ccc(CCCNC2CCC(c3ccc4c(c3)OCN4)CC2)c(Cl)c1. The number of hydrogen-bond acceptors (Lipinski definition) is 3. The molecule has 0 bridgehead atoms. The third-order valence-corrected chi connectivity index (χ3v) is 6.12. The van der Waals surface area contributed by atoms with Crippen LogP contribution in [0.4, 0.5) is 10.1 Å². The number of hydrogen-bond donors (Lipinski definition) is 2. The van der Waals surface area contributed by atoms with E-state index in [2.05, 4.69) is 28.8 Å². The van der Waals surface area contributed by atoms with Crippen LogP contribution in [0.15, 0.2) is 36.4 Å². The Morgan fingerprint density at radius 2 is 1.96 bits per heavy atom. The summed E-state index contributed by atoms with van der Waals surface area (Å²) in [6.07, 6.45) is 6.74. The smallest absolute Gasteiger partial charge is 0.159 e. The second-order valence-corrected chi connectivity index (χ2v) is 7.97. The summed E-state index contributed by atoms with van der Waals surface area (Å²) in [5, 5.41) is 7.44.